The Balaban J connectivity index is 1.21. The number of nitrogens with one attached hydrogen (secondary N) is 2. The number of anilines is 1. The summed E-state index contributed by atoms with van der Waals surface area (Å²) >= 11 is 0. The number of fused-ring (bicyclic) bond motifs is 1. The van der Waals surface area contributed by atoms with Crippen LogP contribution in [0.3, 0.4) is 0 Å². The Morgan fingerprint density at radius 3 is 2.38 bits per heavy atom. The van der Waals surface area contributed by atoms with Gasteiger partial charge in [-0.25, -0.2) is 4.79 Å². The number of alkyl halides is 3. The molecular weight excluding hydrogens is 453 g/mol. The first kappa shape index (κ1) is 23.8. The molecule has 0 atom stereocenters. The fraction of sp³-hybridized carbons (Fsp3) is 0.391. The Hall–Kier alpha value is -3.31. The molecule has 0 bridgehead atoms. The third-order valence-corrected chi connectivity index (χ3v) is 5.62. The molecule has 11 heteroatoms. The molecule has 0 aromatic heterocycles. The molecule has 1 fully saturated rings. The quantitative estimate of drug-likeness (QED) is 0.687. The molecule has 0 unspecified atom stereocenters. The summed E-state index contributed by atoms with van der Waals surface area (Å²) < 4.78 is 48.7. The SMILES string of the molecule is O=C(CN1CCCN(Cc2ccc(C(F)(F)F)cc2)CC1)NC(=O)Nc1ccc2c(c1)OCO2. The minimum atomic E-state index is -4.34. The van der Waals surface area contributed by atoms with Crippen LogP contribution >= 0.6 is 0 Å². The number of imide groups is 1. The van der Waals surface area contributed by atoms with E-state index in [1.807, 2.05) is 4.90 Å². The minimum Gasteiger partial charge on any atom is -0.454 e. The number of benzene rings is 2. The summed E-state index contributed by atoms with van der Waals surface area (Å²) in [5.74, 6) is 0.694. The van der Waals surface area contributed by atoms with E-state index in [0.29, 0.717) is 43.4 Å². The van der Waals surface area contributed by atoms with E-state index >= 15 is 0 Å². The molecule has 2 N–H and O–H groups in total. The van der Waals surface area contributed by atoms with Crippen LogP contribution in [-0.2, 0) is 17.5 Å². The average molecular weight is 478 g/mol. The summed E-state index contributed by atoms with van der Waals surface area (Å²) in [5.41, 5.74) is 0.620. The molecule has 0 saturated carbocycles. The summed E-state index contributed by atoms with van der Waals surface area (Å²) in [7, 11) is 0. The lowest BCUT2D eigenvalue weighted by atomic mass is 10.1. The second kappa shape index (κ2) is 10.3. The van der Waals surface area contributed by atoms with Crippen LogP contribution in [0.4, 0.5) is 23.7 Å². The molecule has 0 radical (unpaired) electrons. The fourth-order valence-electron chi connectivity index (χ4n) is 3.90. The van der Waals surface area contributed by atoms with Gasteiger partial charge in [-0.15, -0.1) is 0 Å². The number of hydrogen-bond acceptors (Lipinski definition) is 6. The number of halogens is 3. The number of hydrogen-bond donors (Lipinski definition) is 2. The predicted molar refractivity (Wildman–Crippen MR) is 118 cm³/mol. The smallest absolute Gasteiger partial charge is 0.416 e. The van der Waals surface area contributed by atoms with Gasteiger partial charge in [0.1, 0.15) is 0 Å². The van der Waals surface area contributed by atoms with Crippen LogP contribution in [0.2, 0.25) is 0 Å². The highest BCUT2D eigenvalue weighted by Crippen LogP contribution is 2.34. The average Bonchev–Trinajstić information content (AvgIpc) is 3.14. The zero-order valence-electron chi connectivity index (χ0n) is 18.4. The summed E-state index contributed by atoms with van der Waals surface area (Å²) in [5, 5.41) is 4.92. The van der Waals surface area contributed by atoms with Gasteiger partial charge in [-0.05, 0) is 49.3 Å². The Kier molecular flexibility index (Phi) is 7.23. The van der Waals surface area contributed by atoms with Crippen molar-refractivity contribution in [1.29, 1.82) is 0 Å². The van der Waals surface area contributed by atoms with Gasteiger partial charge in [-0.1, -0.05) is 12.1 Å². The van der Waals surface area contributed by atoms with E-state index in [-0.39, 0.29) is 13.3 Å². The van der Waals surface area contributed by atoms with Gasteiger partial charge in [-0.2, -0.15) is 13.2 Å². The molecule has 8 nitrogen and oxygen atoms in total. The van der Waals surface area contributed by atoms with Crippen molar-refractivity contribution in [1.82, 2.24) is 15.1 Å². The van der Waals surface area contributed by atoms with Crippen molar-refractivity contribution in [3.8, 4) is 11.5 Å². The van der Waals surface area contributed by atoms with Crippen molar-refractivity contribution in [2.45, 2.75) is 19.1 Å². The van der Waals surface area contributed by atoms with Crippen LogP contribution in [-0.4, -0.2) is 61.3 Å². The molecule has 4 rings (SSSR count). The topological polar surface area (TPSA) is 83.1 Å². The molecular formula is C23H25F3N4O4. The molecule has 2 aliphatic rings. The van der Waals surface area contributed by atoms with Crippen LogP contribution in [0.25, 0.3) is 0 Å². The molecule has 2 aromatic rings. The monoisotopic (exact) mass is 478 g/mol. The van der Waals surface area contributed by atoms with E-state index in [4.69, 9.17) is 9.47 Å². The Morgan fingerprint density at radius 2 is 1.62 bits per heavy atom. The number of nitrogens with zero attached hydrogens (tertiary/aromatic N) is 2. The lowest BCUT2D eigenvalue weighted by Crippen LogP contribution is -2.42. The third kappa shape index (κ3) is 6.39. The third-order valence-electron chi connectivity index (χ3n) is 5.62. The summed E-state index contributed by atoms with van der Waals surface area (Å²) in [4.78, 5) is 28.6. The number of carbonyl (C=O) groups is 2. The van der Waals surface area contributed by atoms with Gasteiger partial charge in [0.05, 0.1) is 12.1 Å². The molecule has 2 aliphatic heterocycles. The maximum Gasteiger partial charge on any atom is 0.416 e. The van der Waals surface area contributed by atoms with Crippen molar-refractivity contribution in [2.75, 3.05) is 44.8 Å². The maximum atomic E-state index is 12.7. The number of rotatable bonds is 5. The molecule has 2 aromatic carbocycles. The Morgan fingerprint density at radius 1 is 0.912 bits per heavy atom. The highest BCUT2D eigenvalue weighted by atomic mass is 19.4. The molecule has 2 heterocycles. The van der Waals surface area contributed by atoms with Crippen molar-refractivity contribution >= 4 is 17.6 Å². The first-order valence-electron chi connectivity index (χ1n) is 10.9. The Labute approximate surface area is 194 Å². The van der Waals surface area contributed by atoms with Crippen molar-refractivity contribution < 1.29 is 32.2 Å². The first-order valence-corrected chi connectivity index (χ1v) is 10.9. The molecule has 34 heavy (non-hydrogen) atoms. The van der Waals surface area contributed by atoms with E-state index in [1.54, 1.807) is 18.2 Å². The molecule has 3 amide bonds. The standard InChI is InChI=1S/C23H25F3N4O4/c24-23(25,26)17-4-2-16(3-5-17)13-29-8-1-9-30(11-10-29)14-21(31)28-22(32)27-18-6-7-19-20(12-18)34-15-33-19/h2-7,12H,1,8-11,13-15H2,(H2,27,28,31,32). The van der Waals surface area contributed by atoms with E-state index < -0.39 is 23.7 Å². The zero-order chi connectivity index (χ0) is 24.1. The van der Waals surface area contributed by atoms with Crippen LogP contribution in [0.1, 0.15) is 17.5 Å². The fourth-order valence-corrected chi connectivity index (χ4v) is 3.90. The zero-order valence-corrected chi connectivity index (χ0v) is 18.4. The maximum absolute atomic E-state index is 12.7. The second-order valence-electron chi connectivity index (χ2n) is 8.17. The van der Waals surface area contributed by atoms with E-state index in [9.17, 15) is 22.8 Å². The molecule has 0 spiro atoms. The van der Waals surface area contributed by atoms with Crippen molar-refractivity contribution in [2.24, 2.45) is 0 Å². The van der Waals surface area contributed by atoms with Crippen LogP contribution in [0.5, 0.6) is 11.5 Å². The molecule has 182 valence electrons. The summed E-state index contributed by atoms with van der Waals surface area (Å²) in [6, 6.07) is 9.49. The lowest BCUT2D eigenvalue weighted by molar-refractivity contribution is -0.137. The normalized spacial score (nSPS) is 16.7. The van der Waals surface area contributed by atoms with Gasteiger partial charge < -0.3 is 14.8 Å². The van der Waals surface area contributed by atoms with Gasteiger partial charge in [0.2, 0.25) is 12.7 Å². The van der Waals surface area contributed by atoms with Gasteiger partial charge in [0.15, 0.2) is 11.5 Å². The largest absolute Gasteiger partial charge is 0.454 e. The number of urea groups is 1. The van der Waals surface area contributed by atoms with Crippen LogP contribution in [0, 0.1) is 0 Å². The predicted octanol–water partition coefficient (Wildman–Crippen LogP) is 3.29. The second-order valence-corrected chi connectivity index (χ2v) is 8.17. The lowest BCUT2D eigenvalue weighted by Gasteiger charge is -2.21. The van der Waals surface area contributed by atoms with E-state index in [1.165, 1.54) is 12.1 Å². The number of ether oxygens (including phenoxy) is 2. The molecule has 1 saturated heterocycles. The van der Waals surface area contributed by atoms with Crippen molar-refractivity contribution in [3.05, 3.63) is 53.6 Å². The number of carbonyl (C=O) groups excluding carboxylic acids is 2. The summed E-state index contributed by atoms with van der Waals surface area (Å²) in [6.07, 6.45) is -3.54. The van der Waals surface area contributed by atoms with Gasteiger partial charge in [0, 0.05) is 31.4 Å². The van der Waals surface area contributed by atoms with Crippen LogP contribution in [0.15, 0.2) is 42.5 Å². The minimum absolute atomic E-state index is 0.0721. The highest BCUT2D eigenvalue weighted by molar-refractivity contribution is 6.01. The Bertz CT molecular complexity index is 1030. The van der Waals surface area contributed by atoms with Crippen molar-refractivity contribution in [3.63, 3.8) is 0 Å². The number of amides is 3. The first-order chi connectivity index (χ1) is 16.3. The van der Waals surface area contributed by atoms with Gasteiger partial charge in [-0.3, -0.25) is 19.9 Å². The highest BCUT2D eigenvalue weighted by Gasteiger charge is 2.30. The van der Waals surface area contributed by atoms with Gasteiger partial charge >= 0.3 is 12.2 Å². The van der Waals surface area contributed by atoms with E-state index in [2.05, 4.69) is 15.5 Å². The summed E-state index contributed by atoms with van der Waals surface area (Å²) in [6.45, 7) is 3.46. The van der Waals surface area contributed by atoms with Gasteiger partial charge in [0.25, 0.3) is 0 Å². The van der Waals surface area contributed by atoms with Crippen LogP contribution < -0.4 is 20.1 Å². The van der Waals surface area contributed by atoms with E-state index in [0.717, 1.165) is 30.7 Å². The molecule has 0 aliphatic carbocycles.